The Labute approximate surface area is 117 Å². The van der Waals surface area contributed by atoms with Gasteiger partial charge < -0.3 is 15.2 Å². The summed E-state index contributed by atoms with van der Waals surface area (Å²) in [6.45, 7) is 0.566. The fraction of sp³-hybridized carbons (Fsp3) is 0.333. The lowest BCUT2D eigenvalue weighted by atomic mass is 10.2. The monoisotopic (exact) mass is 271 g/mol. The van der Waals surface area contributed by atoms with Crippen molar-refractivity contribution in [1.29, 1.82) is 0 Å². The number of anilines is 1. The number of nitrogens with one attached hydrogen (secondary N) is 2. The Morgan fingerprint density at radius 3 is 3.00 bits per heavy atom. The van der Waals surface area contributed by atoms with Crippen molar-refractivity contribution in [3.05, 3.63) is 47.3 Å². The van der Waals surface area contributed by atoms with Crippen molar-refractivity contribution >= 4 is 11.6 Å². The molecular formula is C15H17N3O2. The van der Waals surface area contributed by atoms with Gasteiger partial charge >= 0.3 is 0 Å². The Kier molecular flexibility index (Phi) is 3.41. The third-order valence-electron chi connectivity index (χ3n) is 3.39. The van der Waals surface area contributed by atoms with Crippen LogP contribution in [0.3, 0.4) is 0 Å². The Morgan fingerprint density at radius 2 is 2.25 bits per heavy atom. The predicted molar refractivity (Wildman–Crippen MR) is 75.6 cm³/mol. The summed E-state index contributed by atoms with van der Waals surface area (Å²) < 4.78 is 5.29. The maximum absolute atomic E-state index is 11.6. The van der Waals surface area contributed by atoms with Crippen molar-refractivity contribution in [3.8, 4) is 0 Å². The van der Waals surface area contributed by atoms with Crippen LogP contribution in [-0.2, 0) is 6.54 Å². The molecule has 1 fully saturated rings. The van der Waals surface area contributed by atoms with Crippen LogP contribution in [0.4, 0.5) is 5.69 Å². The van der Waals surface area contributed by atoms with Gasteiger partial charge in [-0.15, -0.1) is 0 Å². The Morgan fingerprint density at radius 1 is 1.40 bits per heavy atom. The van der Waals surface area contributed by atoms with Gasteiger partial charge in [-0.3, -0.25) is 4.79 Å². The number of hydrogen-bond acceptors (Lipinski definition) is 4. The molecule has 0 saturated heterocycles. The van der Waals surface area contributed by atoms with E-state index in [4.69, 9.17) is 4.52 Å². The van der Waals surface area contributed by atoms with Crippen molar-refractivity contribution in [2.45, 2.75) is 25.3 Å². The van der Waals surface area contributed by atoms with Gasteiger partial charge in [0.1, 0.15) is 0 Å². The zero-order valence-corrected chi connectivity index (χ0v) is 11.3. The summed E-state index contributed by atoms with van der Waals surface area (Å²) in [7, 11) is 1.62. The normalized spacial score (nSPS) is 14.1. The highest BCUT2D eigenvalue weighted by atomic mass is 16.5. The first-order chi connectivity index (χ1) is 9.76. The van der Waals surface area contributed by atoms with Crippen LogP contribution in [-0.4, -0.2) is 18.1 Å². The summed E-state index contributed by atoms with van der Waals surface area (Å²) in [5.41, 5.74) is 2.57. The molecule has 0 radical (unpaired) electrons. The number of carbonyl (C=O) groups excluding carboxylic acids is 1. The molecule has 0 aliphatic heterocycles. The molecule has 2 aromatic rings. The minimum absolute atomic E-state index is 0.0932. The van der Waals surface area contributed by atoms with Gasteiger partial charge in [-0.2, -0.15) is 0 Å². The molecule has 5 heteroatoms. The van der Waals surface area contributed by atoms with Gasteiger partial charge in [-0.1, -0.05) is 11.2 Å². The van der Waals surface area contributed by atoms with Gasteiger partial charge in [0, 0.05) is 30.3 Å². The number of amides is 1. The Bertz CT molecular complexity index is 617. The van der Waals surface area contributed by atoms with Gasteiger partial charge in [0.05, 0.1) is 12.2 Å². The predicted octanol–water partition coefficient (Wildman–Crippen LogP) is 2.52. The van der Waals surface area contributed by atoms with Gasteiger partial charge in [-0.25, -0.2) is 0 Å². The molecule has 20 heavy (non-hydrogen) atoms. The van der Waals surface area contributed by atoms with Crippen molar-refractivity contribution in [3.63, 3.8) is 0 Å². The van der Waals surface area contributed by atoms with E-state index < -0.39 is 0 Å². The van der Waals surface area contributed by atoms with Crippen molar-refractivity contribution < 1.29 is 9.32 Å². The largest absolute Gasteiger partial charge is 0.378 e. The van der Waals surface area contributed by atoms with Gasteiger partial charge in [0.2, 0.25) is 0 Å². The number of aromatic nitrogens is 1. The molecule has 1 saturated carbocycles. The van der Waals surface area contributed by atoms with Crippen LogP contribution >= 0.6 is 0 Å². The van der Waals surface area contributed by atoms with E-state index in [0.717, 1.165) is 17.1 Å². The molecule has 5 nitrogen and oxygen atoms in total. The standard InChI is InChI=1S/C15H17N3O2/c1-16-15(19)11-3-2-4-12(7-11)17-9-13-8-14(18-20-13)10-5-6-10/h2-4,7-8,10,17H,5-6,9H2,1H3,(H,16,19). The number of carbonyl (C=O) groups is 1. The number of rotatable bonds is 5. The quantitative estimate of drug-likeness (QED) is 0.877. The summed E-state index contributed by atoms with van der Waals surface area (Å²) in [5, 5.41) is 9.92. The fourth-order valence-corrected chi connectivity index (χ4v) is 2.09. The highest BCUT2D eigenvalue weighted by Gasteiger charge is 2.26. The molecule has 1 amide bonds. The summed E-state index contributed by atoms with van der Waals surface area (Å²) in [6.07, 6.45) is 2.43. The minimum Gasteiger partial charge on any atom is -0.378 e. The fourth-order valence-electron chi connectivity index (χ4n) is 2.09. The van der Waals surface area contributed by atoms with Crippen LogP contribution in [0.2, 0.25) is 0 Å². The van der Waals surface area contributed by atoms with E-state index in [1.807, 2.05) is 24.3 Å². The number of benzene rings is 1. The van der Waals surface area contributed by atoms with Crippen LogP contribution in [0.25, 0.3) is 0 Å². The van der Waals surface area contributed by atoms with E-state index in [-0.39, 0.29) is 5.91 Å². The molecule has 1 aliphatic carbocycles. The molecule has 3 rings (SSSR count). The first kappa shape index (κ1) is 12.7. The molecule has 0 spiro atoms. The van der Waals surface area contributed by atoms with E-state index in [0.29, 0.717) is 18.0 Å². The lowest BCUT2D eigenvalue weighted by Gasteiger charge is -2.06. The number of nitrogens with zero attached hydrogens (tertiary/aromatic N) is 1. The van der Waals surface area contributed by atoms with Crippen molar-refractivity contribution in [2.24, 2.45) is 0 Å². The van der Waals surface area contributed by atoms with E-state index in [2.05, 4.69) is 15.8 Å². The topological polar surface area (TPSA) is 67.2 Å². The molecule has 1 aromatic heterocycles. The van der Waals surface area contributed by atoms with E-state index >= 15 is 0 Å². The SMILES string of the molecule is CNC(=O)c1cccc(NCc2cc(C3CC3)no2)c1. The second-order valence-corrected chi connectivity index (χ2v) is 5.01. The zero-order valence-electron chi connectivity index (χ0n) is 11.3. The number of hydrogen-bond donors (Lipinski definition) is 2. The molecule has 1 heterocycles. The van der Waals surface area contributed by atoms with Crippen LogP contribution < -0.4 is 10.6 Å². The highest BCUT2D eigenvalue weighted by molar-refractivity contribution is 5.94. The maximum Gasteiger partial charge on any atom is 0.251 e. The van der Waals surface area contributed by atoms with Gasteiger partial charge in [-0.05, 0) is 31.0 Å². The summed E-state index contributed by atoms with van der Waals surface area (Å²) in [5.74, 6) is 1.32. The Hall–Kier alpha value is -2.30. The van der Waals surface area contributed by atoms with Gasteiger partial charge in [0.15, 0.2) is 5.76 Å². The smallest absolute Gasteiger partial charge is 0.251 e. The van der Waals surface area contributed by atoms with E-state index in [1.54, 1.807) is 13.1 Å². The molecule has 0 bridgehead atoms. The van der Waals surface area contributed by atoms with E-state index in [9.17, 15) is 4.79 Å². The van der Waals surface area contributed by atoms with Crippen LogP contribution in [0, 0.1) is 0 Å². The molecule has 0 unspecified atom stereocenters. The second kappa shape index (κ2) is 5.36. The van der Waals surface area contributed by atoms with Crippen LogP contribution in [0.1, 0.15) is 40.6 Å². The average molecular weight is 271 g/mol. The van der Waals surface area contributed by atoms with Crippen LogP contribution in [0.5, 0.6) is 0 Å². The lowest BCUT2D eigenvalue weighted by Crippen LogP contribution is -2.17. The van der Waals surface area contributed by atoms with Crippen LogP contribution in [0.15, 0.2) is 34.9 Å². The average Bonchev–Trinajstić information content (AvgIpc) is 3.23. The van der Waals surface area contributed by atoms with E-state index in [1.165, 1.54) is 12.8 Å². The lowest BCUT2D eigenvalue weighted by molar-refractivity contribution is 0.0963. The summed E-state index contributed by atoms with van der Waals surface area (Å²) in [4.78, 5) is 11.6. The molecule has 0 atom stereocenters. The first-order valence-electron chi connectivity index (χ1n) is 6.78. The van der Waals surface area contributed by atoms with Crippen molar-refractivity contribution in [1.82, 2.24) is 10.5 Å². The van der Waals surface area contributed by atoms with Crippen molar-refractivity contribution in [2.75, 3.05) is 12.4 Å². The first-order valence-corrected chi connectivity index (χ1v) is 6.78. The highest BCUT2D eigenvalue weighted by Crippen LogP contribution is 2.39. The Balaban J connectivity index is 1.63. The van der Waals surface area contributed by atoms with Gasteiger partial charge in [0.25, 0.3) is 5.91 Å². The summed E-state index contributed by atoms with van der Waals surface area (Å²) in [6, 6.07) is 9.38. The second-order valence-electron chi connectivity index (χ2n) is 5.01. The third-order valence-corrected chi connectivity index (χ3v) is 3.39. The minimum atomic E-state index is -0.0932. The molecule has 1 aliphatic rings. The third kappa shape index (κ3) is 2.82. The molecular weight excluding hydrogens is 254 g/mol. The maximum atomic E-state index is 11.6. The summed E-state index contributed by atoms with van der Waals surface area (Å²) >= 11 is 0. The molecule has 104 valence electrons. The molecule has 2 N–H and O–H groups in total. The molecule has 1 aromatic carbocycles. The zero-order chi connectivity index (χ0) is 13.9.